The second-order valence-electron chi connectivity index (χ2n) is 3.70. The van der Waals surface area contributed by atoms with Gasteiger partial charge in [0, 0.05) is 0 Å². The predicted molar refractivity (Wildman–Crippen MR) is 50.9 cm³/mol. The van der Waals surface area contributed by atoms with Crippen molar-refractivity contribution in [3.05, 3.63) is 22.3 Å². The third-order valence-electron chi connectivity index (χ3n) is 3.25. The maximum absolute atomic E-state index is 2.33. The molecule has 0 N–H and O–H groups in total. The second-order valence-corrected chi connectivity index (χ2v) is 6.12. The molecule has 0 heterocycles. The van der Waals surface area contributed by atoms with Gasteiger partial charge in [-0.15, -0.1) is 0 Å². The summed E-state index contributed by atoms with van der Waals surface area (Å²) in [4.78, 5) is 0. The normalized spacial score (nSPS) is 23.4. The van der Waals surface area contributed by atoms with Gasteiger partial charge in [-0.1, -0.05) is 0 Å². The van der Waals surface area contributed by atoms with E-state index in [2.05, 4.69) is 34.6 Å². The molecule has 0 amide bonds. The molecule has 0 saturated heterocycles. The molecule has 0 bridgehead atoms. The van der Waals surface area contributed by atoms with Gasteiger partial charge in [0.25, 0.3) is 0 Å². The van der Waals surface area contributed by atoms with E-state index in [1.807, 2.05) is 18.6 Å². The van der Waals surface area contributed by atoms with Gasteiger partial charge < -0.3 is 0 Å². The van der Waals surface area contributed by atoms with E-state index < -0.39 is 0 Å². The molecule has 0 fully saturated rings. The van der Waals surface area contributed by atoms with Crippen LogP contribution in [0.3, 0.4) is 0 Å². The Kier molecular flexibility index (Phi) is 2.14. The van der Waals surface area contributed by atoms with E-state index in [9.17, 15) is 0 Å². The summed E-state index contributed by atoms with van der Waals surface area (Å²) in [7, 11) is 0. The Morgan fingerprint density at radius 1 is 0.909 bits per heavy atom. The fourth-order valence-corrected chi connectivity index (χ4v) is 2.53. The second kappa shape index (κ2) is 2.56. The number of rotatable bonds is 0. The minimum absolute atomic E-state index is 0.376. The monoisotopic (exact) mass is 204 g/mol. The van der Waals surface area contributed by atoms with Crippen LogP contribution in [0.1, 0.15) is 34.6 Å². The molecular formula is C10H15Ga. The number of allylic oxidation sites excluding steroid dienone is 4. The first-order chi connectivity index (χ1) is 4.89. The number of hydrogen-bond donors (Lipinski definition) is 0. The van der Waals surface area contributed by atoms with E-state index in [0.29, 0.717) is 3.97 Å². The van der Waals surface area contributed by atoms with E-state index in [0.717, 1.165) is 0 Å². The quantitative estimate of drug-likeness (QED) is 0.533. The van der Waals surface area contributed by atoms with Crippen LogP contribution in [0, 0.1) is 0 Å². The van der Waals surface area contributed by atoms with Gasteiger partial charge >= 0.3 is 79.5 Å². The van der Waals surface area contributed by atoms with Crippen molar-refractivity contribution in [2.24, 2.45) is 0 Å². The van der Waals surface area contributed by atoms with Crippen molar-refractivity contribution >= 4 is 18.6 Å². The van der Waals surface area contributed by atoms with Crippen LogP contribution in [-0.4, -0.2) is 18.6 Å². The first-order valence-corrected chi connectivity index (χ1v) is 5.25. The summed E-state index contributed by atoms with van der Waals surface area (Å²) in [5.41, 5.74) is 6.14. The molecule has 0 atom stereocenters. The van der Waals surface area contributed by atoms with Gasteiger partial charge in [0.15, 0.2) is 0 Å². The van der Waals surface area contributed by atoms with Crippen molar-refractivity contribution in [3.63, 3.8) is 0 Å². The van der Waals surface area contributed by atoms with E-state index in [4.69, 9.17) is 0 Å². The average Bonchev–Trinajstić information content (AvgIpc) is 2.06. The molecule has 1 rings (SSSR count). The first kappa shape index (κ1) is 9.21. The van der Waals surface area contributed by atoms with E-state index in [1.54, 1.807) is 11.1 Å². The zero-order valence-corrected chi connectivity index (χ0v) is 10.5. The summed E-state index contributed by atoms with van der Waals surface area (Å²) in [6.07, 6.45) is 0. The van der Waals surface area contributed by atoms with Crippen LogP contribution in [0.25, 0.3) is 0 Å². The van der Waals surface area contributed by atoms with Crippen LogP contribution in [0.15, 0.2) is 22.3 Å². The average molecular weight is 205 g/mol. The third-order valence-corrected chi connectivity index (χ3v) is 5.06. The molecular weight excluding hydrogens is 190 g/mol. The molecule has 0 aliphatic heterocycles. The molecule has 1 aliphatic rings. The van der Waals surface area contributed by atoms with Gasteiger partial charge in [0.1, 0.15) is 0 Å². The SMILES string of the molecule is CC1=C(C)[C](C)([Ga])C(C)=C1C. The van der Waals surface area contributed by atoms with Crippen LogP contribution in [0.2, 0.25) is 3.97 Å². The van der Waals surface area contributed by atoms with Crippen molar-refractivity contribution in [1.29, 1.82) is 0 Å². The molecule has 0 aromatic carbocycles. The first-order valence-electron chi connectivity index (χ1n) is 4.04. The molecule has 0 spiro atoms. The Balaban J connectivity index is 3.27. The van der Waals surface area contributed by atoms with Crippen LogP contribution >= 0.6 is 0 Å². The molecule has 1 aliphatic carbocycles. The van der Waals surface area contributed by atoms with Gasteiger partial charge in [-0.2, -0.15) is 0 Å². The fraction of sp³-hybridized carbons (Fsp3) is 0.600. The van der Waals surface area contributed by atoms with Crippen molar-refractivity contribution in [2.45, 2.75) is 38.6 Å². The zero-order chi connectivity index (χ0) is 8.81. The van der Waals surface area contributed by atoms with Crippen LogP contribution in [-0.2, 0) is 0 Å². The van der Waals surface area contributed by atoms with Gasteiger partial charge in [-0.05, 0) is 0 Å². The van der Waals surface area contributed by atoms with Crippen LogP contribution < -0.4 is 0 Å². The summed E-state index contributed by atoms with van der Waals surface area (Å²) >= 11 is 1.82. The summed E-state index contributed by atoms with van der Waals surface area (Å²) < 4.78 is 0.376. The standard InChI is InChI=1S/C10H15.Ga/c1-6-7(2)9(4)10(5)8(6)3;/h1-5H3;. The molecule has 0 unspecified atom stereocenters. The molecule has 58 valence electrons. The third kappa shape index (κ3) is 1.15. The Bertz CT molecular complexity index is 228. The molecule has 0 aromatic rings. The predicted octanol–water partition coefficient (Wildman–Crippen LogP) is 3.02. The summed E-state index contributed by atoms with van der Waals surface area (Å²) in [6, 6.07) is 0. The van der Waals surface area contributed by atoms with Crippen molar-refractivity contribution in [3.8, 4) is 0 Å². The van der Waals surface area contributed by atoms with Gasteiger partial charge in [-0.3, -0.25) is 0 Å². The summed E-state index contributed by atoms with van der Waals surface area (Å²) in [5, 5.41) is 0. The van der Waals surface area contributed by atoms with E-state index in [-0.39, 0.29) is 0 Å². The minimum atomic E-state index is 0.376. The molecule has 1 heteroatoms. The molecule has 11 heavy (non-hydrogen) atoms. The Morgan fingerprint density at radius 2 is 1.18 bits per heavy atom. The fourth-order valence-electron chi connectivity index (χ4n) is 1.62. The Labute approximate surface area is 79.7 Å². The van der Waals surface area contributed by atoms with Crippen molar-refractivity contribution < 1.29 is 0 Å². The van der Waals surface area contributed by atoms with Crippen LogP contribution in [0.4, 0.5) is 0 Å². The van der Waals surface area contributed by atoms with Gasteiger partial charge in [0.2, 0.25) is 0 Å². The van der Waals surface area contributed by atoms with Gasteiger partial charge in [-0.25, -0.2) is 0 Å². The van der Waals surface area contributed by atoms with Crippen molar-refractivity contribution in [2.75, 3.05) is 0 Å². The Hall–Kier alpha value is 0.116. The number of hydrogen-bond acceptors (Lipinski definition) is 0. The van der Waals surface area contributed by atoms with Gasteiger partial charge in [0.05, 0.1) is 0 Å². The van der Waals surface area contributed by atoms with E-state index in [1.165, 1.54) is 11.1 Å². The van der Waals surface area contributed by atoms with E-state index >= 15 is 0 Å². The summed E-state index contributed by atoms with van der Waals surface area (Å²) in [6.45, 7) is 11.3. The topological polar surface area (TPSA) is 0 Å². The maximum atomic E-state index is 2.33. The van der Waals surface area contributed by atoms with Crippen molar-refractivity contribution in [1.82, 2.24) is 0 Å². The molecule has 0 saturated carbocycles. The molecule has 2 radical (unpaired) electrons. The summed E-state index contributed by atoms with van der Waals surface area (Å²) in [5.74, 6) is 0. The Morgan fingerprint density at radius 3 is 1.27 bits per heavy atom. The molecule has 0 nitrogen and oxygen atoms in total. The molecule has 0 aromatic heterocycles. The van der Waals surface area contributed by atoms with Crippen LogP contribution in [0.5, 0.6) is 0 Å². The zero-order valence-electron chi connectivity index (χ0n) is 8.08.